The third-order valence-electron chi connectivity index (χ3n) is 14.3. The van der Waals surface area contributed by atoms with Crippen LogP contribution in [0, 0.1) is 0 Å². The van der Waals surface area contributed by atoms with Gasteiger partial charge in [0.25, 0.3) is 0 Å². The van der Waals surface area contributed by atoms with Gasteiger partial charge in [-0.15, -0.1) is 0 Å². The van der Waals surface area contributed by atoms with Crippen molar-refractivity contribution >= 4 is 17.9 Å². The van der Waals surface area contributed by atoms with Gasteiger partial charge in [0.15, 0.2) is 6.10 Å². The number of ether oxygens (including phenoxy) is 3. The van der Waals surface area contributed by atoms with Gasteiger partial charge in [-0.25, -0.2) is 0 Å². The molecule has 0 aliphatic carbocycles. The van der Waals surface area contributed by atoms with E-state index in [2.05, 4.69) is 118 Å². The third kappa shape index (κ3) is 63.2. The van der Waals surface area contributed by atoms with Gasteiger partial charge in [0, 0.05) is 19.3 Å². The summed E-state index contributed by atoms with van der Waals surface area (Å²) in [6.45, 7) is 6.52. The van der Waals surface area contributed by atoms with E-state index in [1.807, 2.05) is 0 Å². The van der Waals surface area contributed by atoms with Gasteiger partial charge in [0.1, 0.15) is 13.2 Å². The maximum atomic E-state index is 12.9. The van der Waals surface area contributed by atoms with E-state index in [9.17, 15) is 14.4 Å². The van der Waals surface area contributed by atoms with Gasteiger partial charge in [-0.05, 0) is 103 Å². The van der Waals surface area contributed by atoms with Gasteiger partial charge in [-0.3, -0.25) is 14.4 Å². The van der Waals surface area contributed by atoms with Crippen LogP contribution in [-0.4, -0.2) is 37.2 Å². The molecule has 0 aromatic rings. The largest absolute Gasteiger partial charge is 0.462 e. The Morgan fingerprint density at radius 1 is 0.269 bits per heavy atom. The summed E-state index contributed by atoms with van der Waals surface area (Å²) in [6, 6.07) is 0. The lowest BCUT2D eigenvalue weighted by Gasteiger charge is -2.18. The molecule has 0 saturated heterocycles. The Balaban J connectivity index is 4.43. The first kappa shape index (κ1) is 74.3. The quantitative estimate of drug-likeness (QED) is 0.0261. The molecule has 448 valence electrons. The maximum Gasteiger partial charge on any atom is 0.306 e. The standard InChI is InChI=1S/C72H124O6/c1-4-7-10-13-16-19-22-25-28-31-33-35-36-38-39-41-44-47-50-53-56-59-62-65-71(74)77-68-69(67-76-70(73)64-61-58-55-52-49-46-43-30-27-24-21-18-15-12-9-6-3)78-72(75)66-63-60-57-54-51-48-45-42-40-37-34-32-29-26-23-20-17-14-11-8-5-2/h8,11,17,20,22,25-26,29,31,33-34,37,42,45,51,54,69H,4-7,9-10,12-16,18-19,21,23-24,27-28,30,32,35-36,38-41,43-44,46-50,52-53,55-68H2,1-3H3/b11-8-,20-17-,25-22-,29-26-,33-31-,37-34-,45-42-,54-51-. The van der Waals surface area contributed by atoms with Crippen LogP contribution in [0.4, 0.5) is 0 Å². The topological polar surface area (TPSA) is 78.9 Å². The fourth-order valence-corrected chi connectivity index (χ4v) is 9.36. The highest BCUT2D eigenvalue weighted by molar-refractivity contribution is 5.71. The molecule has 0 saturated carbocycles. The molecule has 6 heteroatoms. The van der Waals surface area contributed by atoms with E-state index in [-0.39, 0.29) is 37.5 Å². The number of carbonyl (C=O) groups excluding carboxylic acids is 3. The van der Waals surface area contributed by atoms with Crippen LogP contribution in [0.1, 0.15) is 323 Å². The van der Waals surface area contributed by atoms with Gasteiger partial charge in [-0.1, -0.05) is 298 Å². The van der Waals surface area contributed by atoms with Crippen molar-refractivity contribution in [2.24, 2.45) is 0 Å². The fourth-order valence-electron chi connectivity index (χ4n) is 9.36. The van der Waals surface area contributed by atoms with Crippen LogP contribution in [0.15, 0.2) is 97.2 Å². The van der Waals surface area contributed by atoms with E-state index in [0.717, 1.165) is 96.3 Å². The Kier molecular flexibility index (Phi) is 62.7. The fraction of sp³-hybridized carbons (Fsp3) is 0.736. The molecular formula is C72H124O6. The van der Waals surface area contributed by atoms with Crippen molar-refractivity contribution in [2.45, 2.75) is 329 Å². The zero-order valence-corrected chi connectivity index (χ0v) is 51.4. The summed E-state index contributed by atoms with van der Waals surface area (Å²) >= 11 is 0. The molecule has 1 unspecified atom stereocenters. The molecule has 0 bridgehead atoms. The van der Waals surface area contributed by atoms with Crippen molar-refractivity contribution in [1.82, 2.24) is 0 Å². The van der Waals surface area contributed by atoms with E-state index in [4.69, 9.17) is 14.2 Å². The normalized spacial score (nSPS) is 12.7. The molecule has 0 radical (unpaired) electrons. The Morgan fingerprint density at radius 3 is 0.808 bits per heavy atom. The molecule has 0 aromatic heterocycles. The molecule has 0 aliphatic rings. The molecule has 6 nitrogen and oxygen atoms in total. The zero-order valence-electron chi connectivity index (χ0n) is 51.4. The van der Waals surface area contributed by atoms with Gasteiger partial charge in [-0.2, -0.15) is 0 Å². The van der Waals surface area contributed by atoms with Crippen molar-refractivity contribution < 1.29 is 28.6 Å². The number of allylic oxidation sites excluding steroid dienone is 16. The third-order valence-corrected chi connectivity index (χ3v) is 14.3. The Hall–Kier alpha value is -3.67. The average molecular weight is 1090 g/mol. The minimum atomic E-state index is -0.802. The van der Waals surface area contributed by atoms with Crippen molar-refractivity contribution in [1.29, 1.82) is 0 Å². The molecule has 0 fully saturated rings. The van der Waals surface area contributed by atoms with Crippen LogP contribution in [0.5, 0.6) is 0 Å². The monoisotopic (exact) mass is 1080 g/mol. The number of carbonyl (C=O) groups is 3. The SMILES string of the molecule is CC/C=C\C/C=C\C/C=C\C/C=C\C/C=C\C/C=C\CCCCC(=O)OC(COC(=O)CCCCCCCCCCCCC/C=C\C/C=C\CCCCCCC)COC(=O)CCCCCCCCCCCCCCCCCC. The van der Waals surface area contributed by atoms with Crippen LogP contribution in [-0.2, 0) is 28.6 Å². The molecule has 0 aromatic carbocycles. The van der Waals surface area contributed by atoms with Crippen LogP contribution >= 0.6 is 0 Å². The van der Waals surface area contributed by atoms with Gasteiger partial charge >= 0.3 is 17.9 Å². The lowest BCUT2D eigenvalue weighted by atomic mass is 10.0. The van der Waals surface area contributed by atoms with Crippen molar-refractivity contribution in [3.63, 3.8) is 0 Å². The summed E-state index contributed by atoms with van der Waals surface area (Å²) in [5.41, 5.74) is 0. The van der Waals surface area contributed by atoms with E-state index in [0.29, 0.717) is 19.3 Å². The van der Waals surface area contributed by atoms with Gasteiger partial charge in [0.05, 0.1) is 0 Å². The first-order valence-corrected chi connectivity index (χ1v) is 33.2. The van der Waals surface area contributed by atoms with Gasteiger partial charge < -0.3 is 14.2 Å². The Morgan fingerprint density at radius 2 is 0.500 bits per heavy atom. The predicted molar refractivity (Wildman–Crippen MR) is 339 cm³/mol. The maximum absolute atomic E-state index is 12.9. The number of esters is 3. The van der Waals surface area contributed by atoms with E-state index < -0.39 is 6.10 Å². The van der Waals surface area contributed by atoms with E-state index >= 15 is 0 Å². The minimum absolute atomic E-state index is 0.0932. The van der Waals surface area contributed by atoms with Crippen LogP contribution in [0.2, 0.25) is 0 Å². The second kappa shape index (κ2) is 65.8. The first-order chi connectivity index (χ1) is 38.5. The highest BCUT2D eigenvalue weighted by Gasteiger charge is 2.19. The summed E-state index contributed by atoms with van der Waals surface area (Å²) in [4.78, 5) is 38.4. The summed E-state index contributed by atoms with van der Waals surface area (Å²) in [5.74, 6) is -0.925. The molecule has 0 amide bonds. The second-order valence-corrected chi connectivity index (χ2v) is 22.0. The molecule has 0 heterocycles. The Bertz CT molecular complexity index is 1530. The van der Waals surface area contributed by atoms with Crippen molar-refractivity contribution in [2.75, 3.05) is 13.2 Å². The van der Waals surface area contributed by atoms with Crippen LogP contribution < -0.4 is 0 Å². The molecule has 0 spiro atoms. The zero-order chi connectivity index (χ0) is 56.4. The summed E-state index contributed by atoms with van der Waals surface area (Å²) in [6.07, 6.45) is 88.4. The molecule has 0 aliphatic heterocycles. The summed E-state index contributed by atoms with van der Waals surface area (Å²) < 4.78 is 16.9. The van der Waals surface area contributed by atoms with Crippen LogP contribution in [0.3, 0.4) is 0 Å². The van der Waals surface area contributed by atoms with Crippen molar-refractivity contribution in [3.05, 3.63) is 97.2 Å². The highest BCUT2D eigenvalue weighted by atomic mass is 16.6. The first-order valence-electron chi connectivity index (χ1n) is 33.2. The van der Waals surface area contributed by atoms with E-state index in [1.54, 1.807) is 0 Å². The molecular weight excluding hydrogens is 961 g/mol. The summed E-state index contributed by atoms with van der Waals surface area (Å²) in [7, 11) is 0. The van der Waals surface area contributed by atoms with Crippen molar-refractivity contribution in [3.8, 4) is 0 Å². The predicted octanol–water partition coefficient (Wildman–Crippen LogP) is 22.8. The van der Waals surface area contributed by atoms with Gasteiger partial charge in [0.2, 0.25) is 0 Å². The summed E-state index contributed by atoms with van der Waals surface area (Å²) in [5, 5.41) is 0. The second-order valence-electron chi connectivity index (χ2n) is 22.0. The lowest BCUT2D eigenvalue weighted by Crippen LogP contribution is -2.30. The molecule has 0 rings (SSSR count). The number of rotatable bonds is 60. The number of unbranched alkanes of at least 4 members (excludes halogenated alkanes) is 33. The average Bonchev–Trinajstić information content (AvgIpc) is 3.44. The smallest absolute Gasteiger partial charge is 0.306 e. The number of hydrogen-bond donors (Lipinski definition) is 0. The Labute approximate surface area is 483 Å². The highest BCUT2D eigenvalue weighted by Crippen LogP contribution is 2.17. The van der Waals surface area contributed by atoms with Crippen LogP contribution in [0.25, 0.3) is 0 Å². The van der Waals surface area contributed by atoms with E-state index in [1.165, 1.54) is 180 Å². The molecule has 0 N–H and O–H groups in total. The number of hydrogen-bond acceptors (Lipinski definition) is 6. The molecule has 1 atom stereocenters. The lowest BCUT2D eigenvalue weighted by molar-refractivity contribution is -0.167. The minimum Gasteiger partial charge on any atom is -0.462 e. The molecule has 78 heavy (non-hydrogen) atoms.